The summed E-state index contributed by atoms with van der Waals surface area (Å²) >= 11 is 0. The fraction of sp³-hybridized carbons (Fsp3) is 0.357. The van der Waals surface area contributed by atoms with Crippen molar-refractivity contribution in [2.75, 3.05) is 7.11 Å². The van der Waals surface area contributed by atoms with Gasteiger partial charge in [0, 0.05) is 11.0 Å². The van der Waals surface area contributed by atoms with Crippen molar-refractivity contribution in [3.8, 4) is 17.1 Å². The van der Waals surface area contributed by atoms with Crippen LogP contribution in [0.5, 0.6) is 5.75 Å². The van der Waals surface area contributed by atoms with E-state index in [4.69, 9.17) is 9.15 Å². The molecule has 3 heteroatoms. The highest BCUT2D eigenvalue weighted by Crippen LogP contribution is 2.32. The zero-order valence-corrected chi connectivity index (χ0v) is 10.7. The standard InChI is InChI=1S/C14H17NO2/c1-14(2,3)13-12(17-9-15-13)10-5-7-11(16-4)8-6-10/h5-9H,1-4H3. The Balaban J connectivity index is 2.43. The van der Waals surface area contributed by atoms with Gasteiger partial charge in [-0.1, -0.05) is 20.8 Å². The minimum absolute atomic E-state index is 0.0255. The summed E-state index contributed by atoms with van der Waals surface area (Å²) in [6.45, 7) is 6.37. The van der Waals surface area contributed by atoms with Gasteiger partial charge < -0.3 is 9.15 Å². The lowest BCUT2D eigenvalue weighted by molar-refractivity contribution is 0.415. The van der Waals surface area contributed by atoms with Gasteiger partial charge in [0.15, 0.2) is 12.2 Å². The molecule has 0 aliphatic rings. The molecule has 0 saturated carbocycles. The minimum Gasteiger partial charge on any atom is -0.497 e. The van der Waals surface area contributed by atoms with E-state index in [-0.39, 0.29) is 5.41 Å². The molecular formula is C14H17NO2. The third kappa shape index (κ3) is 2.33. The van der Waals surface area contributed by atoms with Gasteiger partial charge in [-0.05, 0) is 24.3 Å². The van der Waals surface area contributed by atoms with Crippen molar-refractivity contribution in [2.45, 2.75) is 26.2 Å². The number of benzene rings is 1. The number of rotatable bonds is 2. The molecule has 2 aromatic rings. The van der Waals surface area contributed by atoms with Gasteiger partial charge in [-0.25, -0.2) is 4.98 Å². The van der Waals surface area contributed by atoms with Gasteiger partial charge in [0.25, 0.3) is 0 Å². The highest BCUT2D eigenvalue weighted by atomic mass is 16.5. The molecule has 0 aliphatic heterocycles. The minimum atomic E-state index is -0.0255. The van der Waals surface area contributed by atoms with Crippen LogP contribution in [0.15, 0.2) is 35.1 Å². The lowest BCUT2D eigenvalue weighted by atomic mass is 9.89. The summed E-state index contributed by atoms with van der Waals surface area (Å²) in [6.07, 6.45) is 1.50. The average Bonchev–Trinajstić information content (AvgIpc) is 2.78. The molecule has 0 spiro atoms. The Morgan fingerprint density at radius 1 is 1.12 bits per heavy atom. The Labute approximate surface area is 101 Å². The van der Waals surface area contributed by atoms with Gasteiger partial charge >= 0.3 is 0 Å². The van der Waals surface area contributed by atoms with E-state index in [2.05, 4.69) is 25.8 Å². The molecule has 1 aromatic heterocycles. The molecule has 1 aromatic carbocycles. The van der Waals surface area contributed by atoms with Crippen LogP contribution in [0.1, 0.15) is 26.5 Å². The molecule has 3 nitrogen and oxygen atoms in total. The molecule has 0 saturated heterocycles. The van der Waals surface area contributed by atoms with E-state index in [0.29, 0.717) is 0 Å². The van der Waals surface area contributed by atoms with Crippen molar-refractivity contribution >= 4 is 0 Å². The molecule has 0 atom stereocenters. The predicted octanol–water partition coefficient (Wildman–Crippen LogP) is 3.65. The van der Waals surface area contributed by atoms with Crippen LogP contribution in [0.25, 0.3) is 11.3 Å². The van der Waals surface area contributed by atoms with Gasteiger partial charge in [0.1, 0.15) is 5.75 Å². The Hall–Kier alpha value is -1.77. The lowest BCUT2D eigenvalue weighted by Crippen LogP contribution is -2.12. The number of oxazole rings is 1. The van der Waals surface area contributed by atoms with E-state index in [9.17, 15) is 0 Å². The van der Waals surface area contributed by atoms with Crippen molar-refractivity contribution in [3.63, 3.8) is 0 Å². The summed E-state index contributed by atoms with van der Waals surface area (Å²) in [5, 5.41) is 0. The maximum atomic E-state index is 5.50. The summed E-state index contributed by atoms with van der Waals surface area (Å²) in [7, 11) is 1.66. The first kappa shape index (κ1) is 11.7. The summed E-state index contributed by atoms with van der Waals surface area (Å²) in [5.41, 5.74) is 1.97. The third-order valence-electron chi connectivity index (χ3n) is 2.63. The van der Waals surface area contributed by atoms with Crippen LogP contribution in [0.3, 0.4) is 0 Å². The largest absolute Gasteiger partial charge is 0.497 e. The fourth-order valence-electron chi connectivity index (χ4n) is 1.73. The summed E-state index contributed by atoms with van der Waals surface area (Å²) in [5.74, 6) is 1.67. The fourth-order valence-corrected chi connectivity index (χ4v) is 1.73. The van der Waals surface area contributed by atoms with Gasteiger partial charge in [0.05, 0.1) is 12.8 Å². The number of methoxy groups -OCH3 is 1. The Morgan fingerprint density at radius 2 is 1.76 bits per heavy atom. The van der Waals surface area contributed by atoms with Gasteiger partial charge in [-0.2, -0.15) is 0 Å². The number of hydrogen-bond donors (Lipinski definition) is 0. The van der Waals surface area contributed by atoms with E-state index in [1.165, 1.54) is 6.39 Å². The first-order valence-electron chi connectivity index (χ1n) is 5.61. The van der Waals surface area contributed by atoms with Crippen molar-refractivity contribution in [1.82, 2.24) is 4.98 Å². The van der Waals surface area contributed by atoms with Crippen LogP contribution in [-0.2, 0) is 5.41 Å². The Kier molecular flexibility index (Phi) is 2.92. The van der Waals surface area contributed by atoms with E-state index in [1.807, 2.05) is 24.3 Å². The van der Waals surface area contributed by atoms with Crippen LogP contribution < -0.4 is 4.74 Å². The molecule has 2 rings (SSSR count). The average molecular weight is 231 g/mol. The molecule has 0 unspecified atom stereocenters. The predicted molar refractivity (Wildman–Crippen MR) is 67.2 cm³/mol. The van der Waals surface area contributed by atoms with Crippen molar-refractivity contribution in [3.05, 3.63) is 36.4 Å². The summed E-state index contributed by atoms with van der Waals surface area (Å²) < 4.78 is 10.6. The zero-order valence-electron chi connectivity index (χ0n) is 10.7. The first-order chi connectivity index (χ1) is 8.02. The molecule has 0 radical (unpaired) electrons. The smallest absolute Gasteiger partial charge is 0.181 e. The second-order valence-electron chi connectivity index (χ2n) is 5.01. The van der Waals surface area contributed by atoms with Crippen LogP contribution in [0.2, 0.25) is 0 Å². The second-order valence-corrected chi connectivity index (χ2v) is 5.01. The van der Waals surface area contributed by atoms with Crippen LogP contribution >= 0.6 is 0 Å². The van der Waals surface area contributed by atoms with Crippen LogP contribution in [0.4, 0.5) is 0 Å². The molecule has 0 fully saturated rings. The molecule has 0 N–H and O–H groups in total. The van der Waals surface area contributed by atoms with E-state index < -0.39 is 0 Å². The highest BCUT2D eigenvalue weighted by Gasteiger charge is 2.23. The third-order valence-corrected chi connectivity index (χ3v) is 2.63. The maximum absolute atomic E-state index is 5.50. The van der Waals surface area contributed by atoms with E-state index >= 15 is 0 Å². The first-order valence-corrected chi connectivity index (χ1v) is 5.61. The molecule has 0 bridgehead atoms. The SMILES string of the molecule is COc1ccc(-c2ocnc2C(C)(C)C)cc1. The van der Waals surface area contributed by atoms with Crippen molar-refractivity contribution in [1.29, 1.82) is 0 Å². The molecule has 0 aliphatic carbocycles. The summed E-state index contributed by atoms with van der Waals surface area (Å²) in [4.78, 5) is 4.31. The van der Waals surface area contributed by atoms with Gasteiger partial charge in [-0.15, -0.1) is 0 Å². The lowest BCUT2D eigenvalue weighted by Gasteiger charge is -2.16. The van der Waals surface area contributed by atoms with Crippen molar-refractivity contribution in [2.24, 2.45) is 0 Å². The quantitative estimate of drug-likeness (QED) is 0.791. The molecule has 1 heterocycles. The van der Waals surface area contributed by atoms with E-state index in [1.54, 1.807) is 7.11 Å². The maximum Gasteiger partial charge on any atom is 0.181 e. The number of aromatic nitrogens is 1. The van der Waals surface area contributed by atoms with Gasteiger partial charge in [-0.3, -0.25) is 0 Å². The number of nitrogens with zero attached hydrogens (tertiary/aromatic N) is 1. The molecule has 90 valence electrons. The second kappa shape index (κ2) is 4.24. The van der Waals surface area contributed by atoms with E-state index in [0.717, 1.165) is 22.8 Å². The molecular weight excluding hydrogens is 214 g/mol. The van der Waals surface area contributed by atoms with Crippen LogP contribution in [0, 0.1) is 0 Å². The number of hydrogen-bond acceptors (Lipinski definition) is 3. The number of ether oxygens (including phenoxy) is 1. The van der Waals surface area contributed by atoms with Crippen LogP contribution in [-0.4, -0.2) is 12.1 Å². The summed E-state index contributed by atoms with van der Waals surface area (Å²) in [6, 6.07) is 7.80. The topological polar surface area (TPSA) is 35.3 Å². The Bertz CT molecular complexity index is 492. The highest BCUT2D eigenvalue weighted by molar-refractivity contribution is 5.61. The monoisotopic (exact) mass is 231 g/mol. The molecule has 17 heavy (non-hydrogen) atoms. The van der Waals surface area contributed by atoms with Crippen molar-refractivity contribution < 1.29 is 9.15 Å². The molecule has 0 amide bonds. The zero-order chi connectivity index (χ0) is 12.5. The van der Waals surface area contributed by atoms with Gasteiger partial charge in [0.2, 0.25) is 0 Å². The normalized spacial score (nSPS) is 11.5. The Morgan fingerprint density at radius 3 is 2.29 bits per heavy atom.